The zero-order valence-electron chi connectivity index (χ0n) is 13.3. The van der Waals surface area contributed by atoms with Gasteiger partial charge in [-0.3, -0.25) is 14.4 Å². The van der Waals surface area contributed by atoms with Gasteiger partial charge in [0, 0.05) is 6.42 Å². The van der Waals surface area contributed by atoms with Crippen LogP contribution in [0.4, 0.5) is 0 Å². The van der Waals surface area contributed by atoms with Crippen molar-refractivity contribution >= 4 is 23.5 Å². The second-order valence-electron chi connectivity index (χ2n) is 7.42. The molecule has 0 N–H and O–H groups in total. The van der Waals surface area contributed by atoms with E-state index in [2.05, 4.69) is 4.74 Å². The number of ether oxygens (including phenoxy) is 2. The smallest absolute Gasteiger partial charge is 0.375 e. The summed E-state index contributed by atoms with van der Waals surface area (Å²) in [5.74, 6) is -2.65. The molecular formula is C17H20O6. The highest BCUT2D eigenvalue weighted by Crippen LogP contribution is 2.92. The molecule has 5 atom stereocenters. The molecule has 4 aliphatic rings. The van der Waals surface area contributed by atoms with Gasteiger partial charge < -0.3 is 9.47 Å². The van der Waals surface area contributed by atoms with Crippen molar-refractivity contribution in [2.75, 3.05) is 14.2 Å². The fraction of sp³-hybridized carbons (Fsp3) is 0.765. The third-order valence-corrected chi connectivity index (χ3v) is 7.25. The Labute approximate surface area is 133 Å². The van der Waals surface area contributed by atoms with Crippen LogP contribution in [0.2, 0.25) is 0 Å². The summed E-state index contributed by atoms with van der Waals surface area (Å²) >= 11 is 0. The Hall–Kier alpha value is -1.72. The minimum Gasteiger partial charge on any atom is -0.468 e. The predicted octanol–water partition coefficient (Wildman–Crippen LogP) is 1.06. The summed E-state index contributed by atoms with van der Waals surface area (Å²) in [6, 6.07) is 0. The van der Waals surface area contributed by atoms with Gasteiger partial charge in [-0.05, 0) is 36.5 Å². The molecular weight excluding hydrogens is 300 g/mol. The Balaban J connectivity index is 1.92. The van der Waals surface area contributed by atoms with Gasteiger partial charge in [0.15, 0.2) is 5.78 Å². The van der Waals surface area contributed by atoms with Crippen molar-refractivity contribution in [2.45, 2.75) is 38.5 Å². The number of hydrogen-bond donors (Lipinski definition) is 0. The summed E-state index contributed by atoms with van der Waals surface area (Å²) in [5.41, 5.74) is -3.18. The van der Waals surface area contributed by atoms with E-state index in [1.165, 1.54) is 7.11 Å². The molecule has 4 rings (SSSR count). The van der Waals surface area contributed by atoms with Gasteiger partial charge in [0.1, 0.15) is 5.41 Å². The van der Waals surface area contributed by atoms with E-state index in [-0.39, 0.29) is 18.1 Å². The third-order valence-electron chi connectivity index (χ3n) is 7.25. The number of hydrogen-bond acceptors (Lipinski definition) is 6. The maximum Gasteiger partial charge on any atom is 0.375 e. The molecule has 0 saturated heterocycles. The molecule has 6 nitrogen and oxygen atoms in total. The van der Waals surface area contributed by atoms with E-state index in [4.69, 9.17) is 4.74 Å². The Morgan fingerprint density at radius 2 is 1.87 bits per heavy atom. The monoisotopic (exact) mass is 320 g/mol. The highest BCUT2D eigenvalue weighted by atomic mass is 16.5. The van der Waals surface area contributed by atoms with Crippen molar-refractivity contribution in [2.24, 2.45) is 28.1 Å². The van der Waals surface area contributed by atoms with Crippen LogP contribution in [0.5, 0.6) is 0 Å². The van der Waals surface area contributed by atoms with E-state index in [1.54, 1.807) is 0 Å². The van der Waals surface area contributed by atoms with Crippen LogP contribution in [0, 0.1) is 28.1 Å². The first-order valence-corrected chi connectivity index (χ1v) is 8.19. The van der Waals surface area contributed by atoms with Gasteiger partial charge in [0.2, 0.25) is 5.78 Å². The van der Waals surface area contributed by atoms with Crippen LogP contribution in [0.15, 0.2) is 0 Å². The summed E-state index contributed by atoms with van der Waals surface area (Å²) in [5, 5.41) is 0. The summed E-state index contributed by atoms with van der Waals surface area (Å²) < 4.78 is 9.56. The minimum absolute atomic E-state index is 0.212. The lowest BCUT2D eigenvalue weighted by Crippen LogP contribution is -2.46. The normalized spacial score (nSPS) is 45.9. The summed E-state index contributed by atoms with van der Waals surface area (Å²) in [6.07, 6.45) is 4.54. The van der Waals surface area contributed by atoms with E-state index in [0.717, 1.165) is 32.8 Å². The van der Waals surface area contributed by atoms with Crippen LogP contribution >= 0.6 is 0 Å². The zero-order valence-corrected chi connectivity index (χ0v) is 13.3. The summed E-state index contributed by atoms with van der Waals surface area (Å²) in [6.45, 7) is 0. The van der Waals surface area contributed by atoms with Crippen LogP contribution < -0.4 is 0 Å². The highest BCUT2D eigenvalue weighted by Gasteiger charge is 3.00. The van der Waals surface area contributed by atoms with Gasteiger partial charge in [0.25, 0.3) is 0 Å². The lowest BCUT2D eigenvalue weighted by molar-refractivity contribution is -0.161. The first kappa shape index (κ1) is 14.8. The van der Waals surface area contributed by atoms with Gasteiger partial charge in [-0.25, -0.2) is 4.79 Å². The van der Waals surface area contributed by atoms with Crippen molar-refractivity contribution in [1.82, 2.24) is 0 Å². The van der Waals surface area contributed by atoms with Crippen molar-refractivity contribution in [3.05, 3.63) is 0 Å². The van der Waals surface area contributed by atoms with E-state index in [0.29, 0.717) is 6.42 Å². The molecule has 0 radical (unpaired) electrons. The average Bonchev–Trinajstić information content (AvgIpc) is 3.02. The van der Waals surface area contributed by atoms with E-state index >= 15 is 0 Å². The van der Waals surface area contributed by atoms with Crippen LogP contribution in [-0.4, -0.2) is 37.7 Å². The lowest BCUT2D eigenvalue weighted by atomic mass is 9.59. The molecule has 4 aliphatic carbocycles. The van der Waals surface area contributed by atoms with Crippen molar-refractivity contribution in [1.29, 1.82) is 0 Å². The Morgan fingerprint density at radius 3 is 2.52 bits per heavy atom. The maximum absolute atomic E-state index is 13.0. The SMILES string of the molecule is COC(=O)C(=O)C12C3CC4CCCCC41CC(=O)C32C(=O)OC. The number of methoxy groups -OCH3 is 2. The number of ketones is 2. The molecule has 0 aliphatic heterocycles. The predicted molar refractivity (Wildman–Crippen MR) is 76.0 cm³/mol. The van der Waals surface area contributed by atoms with Gasteiger partial charge in [-0.1, -0.05) is 12.8 Å². The third kappa shape index (κ3) is 1.20. The van der Waals surface area contributed by atoms with Crippen LogP contribution in [0.3, 0.4) is 0 Å². The highest BCUT2D eigenvalue weighted by molar-refractivity contribution is 6.41. The number of fused-ring (bicyclic) bond motifs is 1. The molecule has 4 saturated carbocycles. The largest absolute Gasteiger partial charge is 0.468 e. The van der Waals surface area contributed by atoms with Gasteiger partial charge >= 0.3 is 11.9 Å². The summed E-state index contributed by atoms with van der Waals surface area (Å²) in [4.78, 5) is 50.4. The molecule has 0 heterocycles. The number of Topliss-reactive ketones (excluding diaryl/α,β-unsaturated/α-hetero) is 2. The second kappa shape index (κ2) is 4.22. The van der Waals surface area contributed by atoms with Gasteiger partial charge in [0.05, 0.1) is 19.6 Å². The fourth-order valence-corrected chi connectivity index (χ4v) is 6.71. The number of carbonyl (C=O) groups excluding carboxylic acids is 4. The minimum atomic E-state index is -1.43. The van der Waals surface area contributed by atoms with Gasteiger partial charge in [-0.2, -0.15) is 0 Å². The quantitative estimate of drug-likeness (QED) is 0.439. The standard InChI is InChI=1S/C17H20O6/c1-22-13(20)12(19)17-10-7-9-5-3-4-6-15(9,17)8-11(18)16(10,17)14(21)23-2/h9-10H,3-8H2,1-2H3. The molecule has 1 spiro atoms. The molecule has 5 unspecified atom stereocenters. The molecule has 6 heteroatoms. The van der Waals surface area contributed by atoms with E-state index in [9.17, 15) is 19.2 Å². The molecule has 0 aromatic rings. The first-order valence-electron chi connectivity index (χ1n) is 8.19. The molecule has 0 aromatic carbocycles. The number of carbonyl (C=O) groups is 4. The Morgan fingerprint density at radius 1 is 1.13 bits per heavy atom. The molecule has 0 bridgehead atoms. The lowest BCUT2D eigenvalue weighted by Gasteiger charge is -2.42. The Kier molecular flexibility index (Phi) is 2.72. The zero-order chi connectivity index (χ0) is 16.6. The van der Waals surface area contributed by atoms with Crippen molar-refractivity contribution in [3.8, 4) is 0 Å². The Bertz CT molecular complexity index is 653. The number of esters is 2. The van der Waals surface area contributed by atoms with Crippen LogP contribution in [0.1, 0.15) is 38.5 Å². The topological polar surface area (TPSA) is 86.7 Å². The number of rotatable bonds is 3. The van der Waals surface area contributed by atoms with Crippen LogP contribution in [0.25, 0.3) is 0 Å². The van der Waals surface area contributed by atoms with Gasteiger partial charge in [-0.15, -0.1) is 0 Å². The fourth-order valence-electron chi connectivity index (χ4n) is 6.71. The average molecular weight is 320 g/mol. The van der Waals surface area contributed by atoms with Crippen LogP contribution in [-0.2, 0) is 28.7 Å². The molecule has 23 heavy (non-hydrogen) atoms. The van der Waals surface area contributed by atoms with Crippen molar-refractivity contribution in [3.63, 3.8) is 0 Å². The molecule has 0 aromatic heterocycles. The molecule has 0 amide bonds. The maximum atomic E-state index is 13.0. The first-order chi connectivity index (χ1) is 10.9. The van der Waals surface area contributed by atoms with E-state index < -0.39 is 39.9 Å². The van der Waals surface area contributed by atoms with Crippen molar-refractivity contribution < 1.29 is 28.7 Å². The second-order valence-corrected chi connectivity index (χ2v) is 7.42. The molecule has 4 fully saturated rings. The summed E-state index contributed by atoms with van der Waals surface area (Å²) in [7, 11) is 2.39. The van der Waals surface area contributed by atoms with E-state index in [1.807, 2.05) is 0 Å². The molecule has 124 valence electrons.